The molecule has 1 aliphatic rings. The van der Waals surface area contributed by atoms with Crippen molar-refractivity contribution in [2.75, 3.05) is 31.7 Å². The molecule has 1 aromatic carbocycles. The van der Waals surface area contributed by atoms with Crippen LogP contribution in [0.25, 0.3) is 0 Å². The topological polar surface area (TPSA) is 59.4 Å². The molecular weight excluding hydrogens is 324 g/mol. The van der Waals surface area contributed by atoms with Crippen molar-refractivity contribution in [3.63, 3.8) is 0 Å². The molecule has 0 radical (unpaired) electrons. The van der Waals surface area contributed by atoms with E-state index in [1.54, 1.807) is 13.3 Å². The number of amides is 2. The number of carbonyl (C=O) groups is 1. The fraction of sp³-hybridized carbons (Fsp3) is 0.412. The largest absolute Gasteiger partial charge is 0.497 e. The number of imidazole rings is 1. The van der Waals surface area contributed by atoms with Gasteiger partial charge in [0.1, 0.15) is 17.6 Å². The lowest BCUT2D eigenvalue weighted by Gasteiger charge is -2.29. The van der Waals surface area contributed by atoms with E-state index in [2.05, 4.69) is 10.3 Å². The second kappa shape index (κ2) is 7.61. The average Bonchev–Trinajstić information content (AvgIpc) is 3.06. The molecule has 1 unspecified atom stereocenters. The normalized spacial score (nSPS) is 15.8. The SMILES string of the molecule is COc1ccc(C(NC(=O)N2CCSCC2)c2nccn2C)cc1. The number of hydrogen-bond acceptors (Lipinski definition) is 4. The first kappa shape index (κ1) is 16.7. The van der Waals surface area contributed by atoms with Crippen LogP contribution in [0.5, 0.6) is 5.75 Å². The maximum absolute atomic E-state index is 12.7. The predicted octanol–water partition coefficient (Wildman–Crippen LogP) is 2.28. The third-order valence-corrected chi connectivity index (χ3v) is 5.07. The molecule has 0 bridgehead atoms. The van der Waals surface area contributed by atoms with Crippen LogP contribution in [0.1, 0.15) is 17.4 Å². The molecule has 7 heteroatoms. The van der Waals surface area contributed by atoms with Crippen LogP contribution in [0.3, 0.4) is 0 Å². The van der Waals surface area contributed by atoms with E-state index in [9.17, 15) is 4.79 Å². The third-order valence-electron chi connectivity index (χ3n) is 4.13. The molecule has 6 nitrogen and oxygen atoms in total. The van der Waals surface area contributed by atoms with E-state index < -0.39 is 0 Å². The molecule has 128 valence electrons. The minimum atomic E-state index is -0.294. The number of methoxy groups -OCH3 is 1. The zero-order chi connectivity index (χ0) is 16.9. The van der Waals surface area contributed by atoms with Gasteiger partial charge in [-0.05, 0) is 17.7 Å². The summed E-state index contributed by atoms with van der Waals surface area (Å²) in [4.78, 5) is 19.0. The van der Waals surface area contributed by atoms with Crippen LogP contribution in [-0.2, 0) is 7.05 Å². The third kappa shape index (κ3) is 3.67. The van der Waals surface area contributed by atoms with Crippen molar-refractivity contribution in [1.82, 2.24) is 19.8 Å². The molecule has 0 spiro atoms. The van der Waals surface area contributed by atoms with E-state index in [4.69, 9.17) is 4.74 Å². The maximum Gasteiger partial charge on any atom is 0.318 e. The molecule has 24 heavy (non-hydrogen) atoms. The van der Waals surface area contributed by atoms with Gasteiger partial charge in [-0.1, -0.05) is 12.1 Å². The van der Waals surface area contributed by atoms with E-state index in [1.807, 2.05) is 58.7 Å². The lowest BCUT2D eigenvalue weighted by atomic mass is 10.1. The van der Waals surface area contributed by atoms with Crippen molar-refractivity contribution in [2.24, 2.45) is 7.05 Å². The molecule has 1 N–H and O–H groups in total. The first-order chi connectivity index (χ1) is 11.7. The van der Waals surface area contributed by atoms with Crippen molar-refractivity contribution in [2.45, 2.75) is 6.04 Å². The summed E-state index contributed by atoms with van der Waals surface area (Å²) in [6.45, 7) is 1.57. The maximum atomic E-state index is 12.7. The number of benzene rings is 1. The van der Waals surface area contributed by atoms with Gasteiger partial charge in [0.2, 0.25) is 0 Å². The van der Waals surface area contributed by atoms with Crippen molar-refractivity contribution in [1.29, 1.82) is 0 Å². The first-order valence-electron chi connectivity index (χ1n) is 7.93. The van der Waals surface area contributed by atoms with Gasteiger partial charge in [-0.2, -0.15) is 11.8 Å². The summed E-state index contributed by atoms with van der Waals surface area (Å²) in [6.07, 6.45) is 3.63. The Morgan fingerprint density at radius 3 is 2.58 bits per heavy atom. The molecule has 1 fully saturated rings. The zero-order valence-electron chi connectivity index (χ0n) is 13.9. The minimum Gasteiger partial charge on any atom is -0.497 e. The number of carbonyl (C=O) groups excluding carboxylic acids is 1. The summed E-state index contributed by atoms with van der Waals surface area (Å²) in [5, 5.41) is 3.14. The molecule has 3 rings (SSSR count). The van der Waals surface area contributed by atoms with Crippen molar-refractivity contribution in [3.05, 3.63) is 48.0 Å². The number of ether oxygens (including phenoxy) is 1. The minimum absolute atomic E-state index is 0.0425. The van der Waals surface area contributed by atoms with Gasteiger partial charge in [-0.3, -0.25) is 0 Å². The van der Waals surface area contributed by atoms with E-state index in [1.165, 1.54) is 0 Å². The Bertz CT molecular complexity index is 680. The van der Waals surface area contributed by atoms with E-state index >= 15 is 0 Å². The van der Waals surface area contributed by atoms with Crippen molar-refractivity contribution in [3.8, 4) is 5.75 Å². The first-order valence-corrected chi connectivity index (χ1v) is 9.09. The molecule has 1 aromatic heterocycles. The fourth-order valence-corrected chi connectivity index (χ4v) is 3.63. The fourth-order valence-electron chi connectivity index (χ4n) is 2.73. The Morgan fingerprint density at radius 1 is 1.29 bits per heavy atom. The van der Waals surface area contributed by atoms with Gasteiger partial charge < -0.3 is 19.5 Å². The average molecular weight is 346 g/mol. The zero-order valence-corrected chi connectivity index (χ0v) is 14.8. The number of rotatable bonds is 4. The van der Waals surface area contributed by atoms with Crippen LogP contribution < -0.4 is 10.1 Å². The number of urea groups is 1. The van der Waals surface area contributed by atoms with E-state index in [-0.39, 0.29) is 12.1 Å². The van der Waals surface area contributed by atoms with Gasteiger partial charge >= 0.3 is 6.03 Å². The summed E-state index contributed by atoms with van der Waals surface area (Å²) in [6, 6.07) is 7.39. The number of thioether (sulfide) groups is 1. The lowest BCUT2D eigenvalue weighted by Crippen LogP contribution is -2.46. The van der Waals surface area contributed by atoms with Crippen LogP contribution in [0.4, 0.5) is 4.79 Å². The molecule has 1 saturated heterocycles. The molecule has 2 amide bonds. The quantitative estimate of drug-likeness (QED) is 0.923. The monoisotopic (exact) mass is 346 g/mol. The second-order valence-electron chi connectivity index (χ2n) is 5.65. The molecule has 0 saturated carbocycles. The summed E-state index contributed by atoms with van der Waals surface area (Å²) in [5.41, 5.74) is 0.977. The van der Waals surface area contributed by atoms with Crippen LogP contribution in [0.2, 0.25) is 0 Å². The highest BCUT2D eigenvalue weighted by atomic mass is 32.2. The Morgan fingerprint density at radius 2 is 2.00 bits per heavy atom. The Kier molecular flexibility index (Phi) is 5.30. The highest BCUT2D eigenvalue weighted by Crippen LogP contribution is 2.23. The summed E-state index contributed by atoms with van der Waals surface area (Å²) in [7, 11) is 3.57. The summed E-state index contributed by atoms with van der Waals surface area (Å²) in [5.74, 6) is 3.57. The van der Waals surface area contributed by atoms with E-state index in [0.717, 1.165) is 41.7 Å². The van der Waals surface area contributed by atoms with E-state index in [0.29, 0.717) is 0 Å². The van der Waals surface area contributed by atoms with Gasteiger partial charge in [0.15, 0.2) is 0 Å². The molecule has 2 aromatic rings. The standard InChI is InChI=1S/C17H22N4O2S/c1-20-8-7-18-16(20)15(13-3-5-14(23-2)6-4-13)19-17(22)21-9-11-24-12-10-21/h3-8,15H,9-12H2,1-2H3,(H,19,22). The number of aryl methyl sites for hydroxylation is 1. The number of nitrogens with zero attached hydrogens (tertiary/aromatic N) is 3. The highest BCUT2D eigenvalue weighted by molar-refractivity contribution is 7.99. The smallest absolute Gasteiger partial charge is 0.318 e. The molecular formula is C17H22N4O2S. The van der Waals surface area contributed by atoms with Crippen molar-refractivity contribution < 1.29 is 9.53 Å². The molecule has 1 atom stereocenters. The number of nitrogens with one attached hydrogen (secondary N) is 1. The Balaban J connectivity index is 1.84. The van der Waals surface area contributed by atoms with Crippen molar-refractivity contribution >= 4 is 17.8 Å². The number of aromatic nitrogens is 2. The van der Waals surface area contributed by atoms with Gasteiger partial charge in [0.25, 0.3) is 0 Å². The Hall–Kier alpha value is -2.15. The van der Waals surface area contributed by atoms with Gasteiger partial charge in [-0.15, -0.1) is 0 Å². The van der Waals surface area contributed by atoms with Crippen LogP contribution >= 0.6 is 11.8 Å². The van der Waals surface area contributed by atoms with Gasteiger partial charge in [-0.25, -0.2) is 9.78 Å². The van der Waals surface area contributed by atoms with Crippen LogP contribution in [0, 0.1) is 0 Å². The lowest BCUT2D eigenvalue weighted by molar-refractivity contribution is 0.200. The van der Waals surface area contributed by atoms with Gasteiger partial charge in [0.05, 0.1) is 7.11 Å². The molecule has 1 aliphatic heterocycles. The predicted molar refractivity (Wildman–Crippen MR) is 95.5 cm³/mol. The summed E-state index contributed by atoms with van der Waals surface area (Å²) >= 11 is 1.88. The molecule has 2 heterocycles. The molecule has 0 aliphatic carbocycles. The van der Waals surface area contributed by atoms with Crippen LogP contribution in [0.15, 0.2) is 36.7 Å². The number of hydrogen-bond donors (Lipinski definition) is 1. The summed E-state index contributed by atoms with van der Waals surface area (Å²) < 4.78 is 7.15. The second-order valence-corrected chi connectivity index (χ2v) is 6.88. The highest BCUT2D eigenvalue weighted by Gasteiger charge is 2.24. The Labute approximate surface area is 146 Å². The van der Waals surface area contributed by atoms with Gasteiger partial charge in [0, 0.05) is 44.0 Å². The van der Waals surface area contributed by atoms with Crippen LogP contribution in [-0.4, -0.2) is 52.2 Å².